The van der Waals surface area contributed by atoms with Crippen LogP contribution in [-0.4, -0.2) is 46.1 Å². The maximum Gasteiger partial charge on any atom is 0.0244 e. The molecule has 0 spiro atoms. The van der Waals surface area contributed by atoms with Gasteiger partial charge < -0.3 is 0 Å². The van der Waals surface area contributed by atoms with Gasteiger partial charge in [-0.15, -0.1) is 0 Å². The molecule has 2 nitrogen and oxygen atoms in total. The van der Waals surface area contributed by atoms with Crippen LogP contribution in [0.5, 0.6) is 0 Å². The Morgan fingerprint density at radius 3 is 1.17 bits per heavy atom. The predicted octanol–water partition coefficient (Wildman–Crippen LogP) is 4.00. The highest BCUT2D eigenvalue weighted by Crippen LogP contribution is 2.38. The largest absolute Gasteiger partial charge is 0.293 e. The van der Waals surface area contributed by atoms with E-state index in [0.717, 1.165) is 12.1 Å². The highest BCUT2D eigenvalue weighted by Gasteiger charge is 2.49. The van der Waals surface area contributed by atoms with E-state index in [4.69, 9.17) is 0 Å². The minimum absolute atomic E-state index is 0. The monoisotopic (exact) mass is 256 g/mol. The first-order valence-corrected chi connectivity index (χ1v) is 7.23. The van der Waals surface area contributed by atoms with Gasteiger partial charge in [0.15, 0.2) is 0 Å². The molecule has 0 aromatic heterocycles. The van der Waals surface area contributed by atoms with Crippen molar-refractivity contribution in [1.82, 2.24) is 9.80 Å². The molecule has 2 rings (SSSR count). The Kier molecular flexibility index (Phi) is 5.89. The summed E-state index contributed by atoms with van der Waals surface area (Å²) >= 11 is 0. The van der Waals surface area contributed by atoms with E-state index in [1.165, 1.54) is 19.5 Å². The Hall–Kier alpha value is -0.0800. The summed E-state index contributed by atoms with van der Waals surface area (Å²) in [5, 5.41) is 0. The van der Waals surface area contributed by atoms with Crippen LogP contribution in [0.15, 0.2) is 0 Å². The molecule has 0 aromatic carbocycles. The summed E-state index contributed by atoms with van der Waals surface area (Å²) < 4.78 is 0. The van der Waals surface area contributed by atoms with Crippen molar-refractivity contribution >= 4 is 0 Å². The first kappa shape index (κ1) is 17.9. The van der Waals surface area contributed by atoms with Crippen molar-refractivity contribution in [3.8, 4) is 0 Å². The topological polar surface area (TPSA) is 6.48 Å². The molecule has 18 heavy (non-hydrogen) atoms. The van der Waals surface area contributed by atoms with Crippen LogP contribution in [0, 0.1) is 0 Å². The predicted molar refractivity (Wildman–Crippen MR) is 83.2 cm³/mol. The van der Waals surface area contributed by atoms with Crippen LogP contribution in [-0.2, 0) is 0 Å². The first-order chi connectivity index (χ1) is 7.69. The summed E-state index contributed by atoms with van der Waals surface area (Å²) in [6.07, 6.45) is 1.38. The molecule has 2 aliphatic heterocycles. The molecule has 2 saturated heterocycles. The molecule has 2 bridgehead atoms. The second-order valence-corrected chi connectivity index (χ2v) is 7.19. The van der Waals surface area contributed by atoms with Crippen molar-refractivity contribution in [1.29, 1.82) is 0 Å². The summed E-state index contributed by atoms with van der Waals surface area (Å²) in [5.74, 6) is 0. The van der Waals surface area contributed by atoms with Gasteiger partial charge in [0.1, 0.15) is 0 Å². The lowest BCUT2D eigenvalue weighted by molar-refractivity contribution is 0.0179. The van der Waals surface area contributed by atoms with E-state index in [9.17, 15) is 0 Å². The standard InChI is InChI=1S/C13H26N2.C2H6.CH4/c1-12(2,3)14-8-11-7-10(14)9-15(11)13(4,5)6;1-2;/h10-11H,7-9H2,1-6H3;1-2H3;1H4. The molecule has 2 atom stereocenters. The minimum Gasteiger partial charge on any atom is -0.293 e. The molecule has 110 valence electrons. The van der Waals surface area contributed by atoms with Crippen molar-refractivity contribution < 1.29 is 0 Å². The number of hydrogen-bond donors (Lipinski definition) is 0. The Bertz CT molecular complexity index is 221. The number of piperazine rings is 1. The normalized spacial score (nSPS) is 28.7. The lowest BCUT2D eigenvalue weighted by Crippen LogP contribution is -2.57. The summed E-state index contributed by atoms with van der Waals surface area (Å²) in [5.41, 5.74) is 0.701. The second-order valence-electron chi connectivity index (χ2n) is 7.19. The summed E-state index contributed by atoms with van der Waals surface area (Å²) in [6.45, 7) is 20.6. The molecule has 0 aliphatic carbocycles. The molecule has 0 N–H and O–H groups in total. The number of nitrogens with zero attached hydrogens (tertiary/aromatic N) is 2. The average molecular weight is 256 g/mol. The number of likely N-dealkylation sites (tertiary alicyclic amines) is 2. The van der Waals surface area contributed by atoms with Gasteiger partial charge in [0.05, 0.1) is 0 Å². The van der Waals surface area contributed by atoms with E-state index in [0.29, 0.717) is 11.1 Å². The lowest BCUT2D eigenvalue weighted by Gasteiger charge is -2.46. The maximum absolute atomic E-state index is 2.69. The van der Waals surface area contributed by atoms with Crippen LogP contribution in [0.2, 0.25) is 0 Å². The van der Waals surface area contributed by atoms with Crippen LogP contribution in [0.4, 0.5) is 0 Å². The number of hydrogen-bond acceptors (Lipinski definition) is 2. The second kappa shape index (κ2) is 5.92. The Morgan fingerprint density at radius 2 is 1.00 bits per heavy atom. The summed E-state index contributed by atoms with van der Waals surface area (Å²) in [4.78, 5) is 5.39. The lowest BCUT2D eigenvalue weighted by atomic mass is 10.0. The average Bonchev–Trinajstić information content (AvgIpc) is 2.76. The van der Waals surface area contributed by atoms with E-state index < -0.39 is 0 Å². The maximum atomic E-state index is 2.69. The fraction of sp³-hybridized carbons (Fsp3) is 1.00. The third kappa shape index (κ3) is 3.48. The van der Waals surface area contributed by atoms with Crippen molar-refractivity contribution in [2.45, 2.75) is 92.4 Å². The van der Waals surface area contributed by atoms with E-state index in [2.05, 4.69) is 51.3 Å². The fourth-order valence-corrected chi connectivity index (χ4v) is 3.31. The molecule has 0 saturated carbocycles. The van der Waals surface area contributed by atoms with Crippen molar-refractivity contribution in [2.75, 3.05) is 13.1 Å². The Balaban J connectivity index is 0.000000917. The zero-order chi connectivity index (χ0) is 13.4. The SMILES string of the molecule is C.CC.CC(C)(C)N1CC2CC1CN2C(C)(C)C. The van der Waals surface area contributed by atoms with Crippen LogP contribution in [0.25, 0.3) is 0 Å². The van der Waals surface area contributed by atoms with Gasteiger partial charge in [-0.3, -0.25) is 9.80 Å². The zero-order valence-electron chi connectivity index (χ0n) is 13.2. The van der Waals surface area contributed by atoms with Crippen molar-refractivity contribution in [2.24, 2.45) is 0 Å². The van der Waals surface area contributed by atoms with Crippen molar-refractivity contribution in [3.63, 3.8) is 0 Å². The molecule has 0 amide bonds. The van der Waals surface area contributed by atoms with E-state index in [1.54, 1.807) is 0 Å². The van der Waals surface area contributed by atoms with Crippen LogP contribution in [0.1, 0.15) is 69.2 Å². The van der Waals surface area contributed by atoms with Gasteiger partial charge in [0, 0.05) is 36.3 Å². The van der Waals surface area contributed by atoms with Gasteiger partial charge in [-0.2, -0.15) is 0 Å². The smallest absolute Gasteiger partial charge is 0.0244 e. The van der Waals surface area contributed by atoms with Gasteiger partial charge in [-0.25, -0.2) is 0 Å². The molecule has 2 unspecified atom stereocenters. The Labute approximate surface area is 116 Å². The fourth-order valence-electron chi connectivity index (χ4n) is 3.31. The van der Waals surface area contributed by atoms with Gasteiger partial charge in [-0.05, 0) is 48.0 Å². The third-order valence-electron chi connectivity index (χ3n) is 3.96. The third-order valence-corrected chi connectivity index (χ3v) is 3.96. The highest BCUT2D eigenvalue weighted by molar-refractivity contribution is 5.05. The van der Waals surface area contributed by atoms with Gasteiger partial charge in [0.2, 0.25) is 0 Å². The summed E-state index contributed by atoms with van der Waals surface area (Å²) in [7, 11) is 0. The zero-order valence-corrected chi connectivity index (χ0v) is 13.2. The molecular formula is C16H36N2. The molecule has 2 heterocycles. The molecule has 2 aliphatic rings. The molecule has 2 fully saturated rings. The van der Waals surface area contributed by atoms with E-state index in [1.807, 2.05) is 13.8 Å². The molecule has 0 radical (unpaired) electrons. The van der Waals surface area contributed by atoms with Crippen LogP contribution >= 0.6 is 0 Å². The van der Waals surface area contributed by atoms with Crippen molar-refractivity contribution in [3.05, 3.63) is 0 Å². The first-order valence-electron chi connectivity index (χ1n) is 7.23. The quantitative estimate of drug-likeness (QED) is 0.646. The van der Waals surface area contributed by atoms with Crippen LogP contribution < -0.4 is 0 Å². The molecular weight excluding hydrogens is 220 g/mol. The van der Waals surface area contributed by atoms with Crippen LogP contribution in [0.3, 0.4) is 0 Å². The number of fused-ring (bicyclic) bond motifs is 2. The van der Waals surface area contributed by atoms with Gasteiger partial charge in [0.25, 0.3) is 0 Å². The van der Waals surface area contributed by atoms with Gasteiger partial charge >= 0.3 is 0 Å². The van der Waals surface area contributed by atoms with E-state index >= 15 is 0 Å². The molecule has 2 heteroatoms. The van der Waals surface area contributed by atoms with Gasteiger partial charge in [-0.1, -0.05) is 21.3 Å². The molecule has 0 aromatic rings. The number of rotatable bonds is 0. The summed E-state index contributed by atoms with van der Waals surface area (Å²) in [6, 6.07) is 1.60. The Morgan fingerprint density at radius 1 is 0.722 bits per heavy atom. The minimum atomic E-state index is 0. The van der Waals surface area contributed by atoms with E-state index in [-0.39, 0.29) is 7.43 Å². The highest BCUT2D eigenvalue weighted by atomic mass is 15.4.